The van der Waals surface area contributed by atoms with Gasteiger partial charge in [0.05, 0.1) is 20.8 Å². The van der Waals surface area contributed by atoms with Crippen LogP contribution in [0.2, 0.25) is 0 Å². The van der Waals surface area contributed by atoms with E-state index in [4.69, 9.17) is 19.1 Å². The van der Waals surface area contributed by atoms with E-state index in [1.807, 2.05) is 0 Å². The molecule has 0 fully saturated rings. The van der Waals surface area contributed by atoms with Crippen molar-refractivity contribution in [3.63, 3.8) is 0 Å². The minimum Gasteiger partial charge on any atom is -0.496 e. The van der Waals surface area contributed by atoms with E-state index in [1.54, 1.807) is 18.2 Å². The molecule has 1 rings (SSSR count). The molecule has 0 saturated carbocycles. The molecule has 0 N–H and O–H groups in total. The summed E-state index contributed by atoms with van der Waals surface area (Å²) < 4.78 is 15.4. The molecule has 1 aromatic carbocycles. The Morgan fingerprint density at radius 2 is 1.86 bits per heavy atom. The van der Waals surface area contributed by atoms with Gasteiger partial charge in [-0.25, -0.2) is 4.79 Å². The summed E-state index contributed by atoms with van der Waals surface area (Å²) in [7, 11) is 2.92. The van der Waals surface area contributed by atoms with Crippen LogP contribution in [0.1, 0.15) is 30.1 Å². The minimum absolute atomic E-state index is 0.169. The summed E-state index contributed by atoms with van der Waals surface area (Å²) in [5.74, 6) is -0.00148. The van der Waals surface area contributed by atoms with Crippen molar-refractivity contribution in [1.82, 2.24) is 0 Å². The molecule has 0 aliphatic heterocycles. The Bertz CT molecular complexity index is 410. The number of ether oxygens (including phenoxy) is 3. The standard InChI is InChI=1S/C15H21O6/c1-4-5-9-19-10-11-20-21-15(16)14-12(17-2)7-6-8-13(14)18-3/h6-8,11H,4-5,9-10H2,1-3H3. The highest BCUT2D eigenvalue weighted by Crippen LogP contribution is 2.28. The third kappa shape index (κ3) is 5.61. The van der Waals surface area contributed by atoms with Crippen molar-refractivity contribution in [2.45, 2.75) is 19.8 Å². The van der Waals surface area contributed by atoms with Gasteiger partial charge in [0.1, 0.15) is 17.1 Å². The van der Waals surface area contributed by atoms with Crippen LogP contribution in [0, 0.1) is 6.61 Å². The quantitative estimate of drug-likeness (QED) is 0.376. The molecule has 0 bridgehead atoms. The van der Waals surface area contributed by atoms with E-state index in [2.05, 4.69) is 11.8 Å². The van der Waals surface area contributed by atoms with E-state index in [1.165, 1.54) is 20.8 Å². The van der Waals surface area contributed by atoms with Gasteiger partial charge < -0.3 is 14.2 Å². The fourth-order valence-electron chi connectivity index (χ4n) is 1.58. The Morgan fingerprint density at radius 3 is 2.43 bits per heavy atom. The fourth-order valence-corrected chi connectivity index (χ4v) is 1.58. The zero-order chi connectivity index (χ0) is 15.5. The average Bonchev–Trinajstić information content (AvgIpc) is 2.52. The summed E-state index contributed by atoms with van der Waals surface area (Å²) in [5, 5.41) is 0. The second-order valence-electron chi connectivity index (χ2n) is 4.10. The second kappa shape index (κ2) is 10.0. The van der Waals surface area contributed by atoms with Crippen LogP contribution in [-0.4, -0.2) is 33.4 Å². The van der Waals surface area contributed by atoms with Crippen LogP contribution in [0.15, 0.2) is 18.2 Å². The molecule has 0 spiro atoms. The lowest BCUT2D eigenvalue weighted by atomic mass is 10.2. The van der Waals surface area contributed by atoms with Crippen molar-refractivity contribution >= 4 is 5.97 Å². The average molecular weight is 297 g/mol. The molecule has 6 heteroatoms. The van der Waals surface area contributed by atoms with Crippen molar-refractivity contribution in [3.05, 3.63) is 30.4 Å². The van der Waals surface area contributed by atoms with Crippen LogP contribution in [0.4, 0.5) is 0 Å². The summed E-state index contributed by atoms with van der Waals surface area (Å²) in [6.45, 7) is 4.24. The van der Waals surface area contributed by atoms with Gasteiger partial charge in [-0.1, -0.05) is 19.4 Å². The van der Waals surface area contributed by atoms with E-state index in [0.717, 1.165) is 12.8 Å². The summed E-state index contributed by atoms with van der Waals surface area (Å²) in [6, 6.07) is 4.98. The van der Waals surface area contributed by atoms with Crippen LogP contribution in [0.5, 0.6) is 11.5 Å². The maximum Gasteiger partial charge on any atom is 0.380 e. The molecule has 117 valence electrons. The zero-order valence-electron chi connectivity index (χ0n) is 12.6. The largest absolute Gasteiger partial charge is 0.496 e. The number of hydrogen-bond acceptors (Lipinski definition) is 6. The Balaban J connectivity index is 2.45. The number of unbranched alkanes of at least 4 members (excludes halogenated alkanes) is 1. The first-order chi connectivity index (χ1) is 10.2. The normalized spacial score (nSPS) is 10.2. The highest BCUT2D eigenvalue weighted by atomic mass is 17.2. The first-order valence-electron chi connectivity index (χ1n) is 6.72. The molecule has 0 aliphatic carbocycles. The molecule has 0 heterocycles. The Hall–Kier alpha value is -1.79. The van der Waals surface area contributed by atoms with Crippen LogP contribution in [0.3, 0.4) is 0 Å². The minimum atomic E-state index is -0.700. The van der Waals surface area contributed by atoms with Gasteiger partial charge in [0.15, 0.2) is 6.61 Å². The molecule has 0 unspecified atom stereocenters. The first kappa shape index (κ1) is 17.3. The predicted octanol–water partition coefficient (Wildman–Crippen LogP) is 2.77. The second-order valence-corrected chi connectivity index (χ2v) is 4.10. The van der Waals surface area contributed by atoms with Crippen molar-refractivity contribution in [3.8, 4) is 11.5 Å². The van der Waals surface area contributed by atoms with Gasteiger partial charge in [-0.05, 0) is 18.6 Å². The van der Waals surface area contributed by atoms with E-state index in [-0.39, 0.29) is 12.2 Å². The van der Waals surface area contributed by atoms with Crippen LogP contribution in [-0.2, 0) is 14.5 Å². The number of rotatable bonds is 10. The Labute approximate surface area is 124 Å². The van der Waals surface area contributed by atoms with Crippen molar-refractivity contribution in [1.29, 1.82) is 0 Å². The van der Waals surface area contributed by atoms with Gasteiger partial charge in [0.25, 0.3) is 0 Å². The van der Waals surface area contributed by atoms with Crippen molar-refractivity contribution in [2.24, 2.45) is 0 Å². The molecule has 1 radical (unpaired) electrons. The van der Waals surface area contributed by atoms with Crippen LogP contribution < -0.4 is 9.47 Å². The van der Waals surface area contributed by atoms with Crippen molar-refractivity contribution < 1.29 is 28.8 Å². The molecule has 0 aliphatic rings. The molecule has 6 nitrogen and oxygen atoms in total. The summed E-state index contributed by atoms with van der Waals surface area (Å²) in [6.07, 6.45) is 2.04. The number of methoxy groups -OCH3 is 2. The molecule has 0 saturated heterocycles. The van der Waals surface area contributed by atoms with E-state index in [0.29, 0.717) is 18.1 Å². The predicted molar refractivity (Wildman–Crippen MR) is 76.1 cm³/mol. The lowest BCUT2D eigenvalue weighted by Gasteiger charge is -2.11. The molecule has 0 amide bonds. The smallest absolute Gasteiger partial charge is 0.380 e. The summed E-state index contributed by atoms with van der Waals surface area (Å²) in [4.78, 5) is 21.4. The fraction of sp³-hybridized carbons (Fsp3) is 0.467. The molecule has 21 heavy (non-hydrogen) atoms. The van der Waals surface area contributed by atoms with Gasteiger partial charge in [0, 0.05) is 6.61 Å². The lowest BCUT2D eigenvalue weighted by Crippen LogP contribution is -2.10. The van der Waals surface area contributed by atoms with Gasteiger partial charge in [0.2, 0.25) is 0 Å². The van der Waals surface area contributed by atoms with E-state index >= 15 is 0 Å². The lowest BCUT2D eigenvalue weighted by molar-refractivity contribution is -0.218. The zero-order valence-corrected chi connectivity index (χ0v) is 12.6. The topological polar surface area (TPSA) is 63.2 Å². The van der Waals surface area contributed by atoms with Gasteiger partial charge in [-0.3, -0.25) is 4.89 Å². The first-order valence-corrected chi connectivity index (χ1v) is 6.72. The summed E-state index contributed by atoms with van der Waals surface area (Å²) >= 11 is 0. The molecule has 0 aromatic heterocycles. The Morgan fingerprint density at radius 1 is 1.19 bits per heavy atom. The number of carbonyl (C=O) groups is 1. The highest BCUT2D eigenvalue weighted by Gasteiger charge is 2.20. The van der Waals surface area contributed by atoms with Crippen molar-refractivity contribution in [2.75, 3.05) is 27.4 Å². The van der Waals surface area contributed by atoms with Gasteiger partial charge in [-0.2, -0.15) is 4.89 Å². The van der Waals surface area contributed by atoms with E-state index in [9.17, 15) is 4.79 Å². The maximum atomic E-state index is 12.0. The van der Waals surface area contributed by atoms with E-state index < -0.39 is 5.97 Å². The number of benzene rings is 1. The monoisotopic (exact) mass is 297 g/mol. The number of hydrogen-bond donors (Lipinski definition) is 0. The Kier molecular flexibility index (Phi) is 8.23. The third-order valence-corrected chi connectivity index (χ3v) is 2.65. The van der Waals surface area contributed by atoms with Gasteiger partial charge in [-0.15, -0.1) is 0 Å². The maximum absolute atomic E-state index is 12.0. The molecule has 1 aromatic rings. The summed E-state index contributed by atoms with van der Waals surface area (Å²) in [5.41, 5.74) is 0.169. The van der Waals surface area contributed by atoms with Crippen LogP contribution >= 0.6 is 0 Å². The molecular weight excluding hydrogens is 276 g/mol. The third-order valence-electron chi connectivity index (χ3n) is 2.65. The SMILES string of the molecule is CCCCOC[CH]OOC(=O)c1c(OC)cccc1OC. The molecular formula is C15H21O6. The number of carbonyl (C=O) groups excluding carboxylic acids is 1. The van der Waals surface area contributed by atoms with Gasteiger partial charge >= 0.3 is 5.97 Å². The highest BCUT2D eigenvalue weighted by molar-refractivity contribution is 5.95. The molecule has 0 atom stereocenters. The van der Waals surface area contributed by atoms with Crippen LogP contribution in [0.25, 0.3) is 0 Å².